The Morgan fingerprint density at radius 2 is 1.96 bits per heavy atom. The van der Waals surface area contributed by atoms with Crippen molar-refractivity contribution in [2.24, 2.45) is 5.92 Å². The third kappa shape index (κ3) is 2.75. The average Bonchev–Trinajstić information content (AvgIpc) is 3.31. The number of aryl methyl sites for hydroxylation is 2. The van der Waals surface area contributed by atoms with Crippen molar-refractivity contribution in [2.45, 2.75) is 32.7 Å². The van der Waals surface area contributed by atoms with Crippen LogP contribution in [-0.4, -0.2) is 25.5 Å². The maximum absolute atomic E-state index is 12.6. The van der Waals surface area contributed by atoms with Gasteiger partial charge in [-0.25, -0.2) is 9.50 Å². The van der Waals surface area contributed by atoms with E-state index in [9.17, 15) is 4.79 Å². The Hall–Kier alpha value is -2.76. The number of hydrogen-bond donors (Lipinski definition) is 1. The Morgan fingerprint density at radius 3 is 2.67 bits per heavy atom. The first-order chi connectivity index (χ1) is 11.6. The van der Waals surface area contributed by atoms with Gasteiger partial charge in [0.1, 0.15) is 0 Å². The number of aromatic nitrogens is 4. The molecule has 0 spiro atoms. The first-order valence-electron chi connectivity index (χ1n) is 8.18. The van der Waals surface area contributed by atoms with Crippen LogP contribution in [0.15, 0.2) is 36.4 Å². The molecule has 4 rings (SSSR count). The van der Waals surface area contributed by atoms with Gasteiger partial charge in [-0.15, -0.1) is 5.10 Å². The van der Waals surface area contributed by atoms with Crippen LogP contribution < -0.4 is 5.32 Å². The number of carbonyl (C=O) groups is 1. The monoisotopic (exact) mass is 321 g/mol. The molecule has 2 heterocycles. The Morgan fingerprint density at radius 1 is 1.21 bits per heavy atom. The highest BCUT2D eigenvalue weighted by atomic mass is 16.2. The Kier molecular flexibility index (Phi) is 3.52. The van der Waals surface area contributed by atoms with Gasteiger partial charge in [-0.1, -0.05) is 30.3 Å². The van der Waals surface area contributed by atoms with Crippen molar-refractivity contribution in [2.75, 3.05) is 0 Å². The van der Waals surface area contributed by atoms with Gasteiger partial charge < -0.3 is 5.32 Å². The van der Waals surface area contributed by atoms with E-state index in [1.165, 1.54) is 0 Å². The second-order valence-electron chi connectivity index (χ2n) is 6.39. The van der Waals surface area contributed by atoms with E-state index in [4.69, 9.17) is 0 Å². The highest BCUT2D eigenvalue weighted by Gasteiger charge is 2.34. The first kappa shape index (κ1) is 14.8. The van der Waals surface area contributed by atoms with Gasteiger partial charge in [-0.05, 0) is 44.2 Å². The predicted molar refractivity (Wildman–Crippen MR) is 89.6 cm³/mol. The summed E-state index contributed by atoms with van der Waals surface area (Å²) in [6.45, 7) is 3.83. The zero-order valence-electron chi connectivity index (χ0n) is 13.7. The SMILES string of the molecule is Cc1cc(C)n2nc(C(=O)N[C@H](c3ccccc3)C3CC3)nc2n1. The molecule has 0 unspecified atom stereocenters. The third-order valence-electron chi connectivity index (χ3n) is 4.36. The molecular weight excluding hydrogens is 302 g/mol. The zero-order chi connectivity index (χ0) is 16.7. The lowest BCUT2D eigenvalue weighted by Gasteiger charge is -2.17. The van der Waals surface area contributed by atoms with Gasteiger partial charge in [0, 0.05) is 11.4 Å². The van der Waals surface area contributed by atoms with Crippen LogP contribution in [0.5, 0.6) is 0 Å². The molecule has 0 saturated heterocycles. The van der Waals surface area contributed by atoms with Gasteiger partial charge in [-0.3, -0.25) is 4.79 Å². The molecule has 1 saturated carbocycles. The zero-order valence-corrected chi connectivity index (χ0v) is 13.7. The molecule has 122 valence electrons. The fourth-order valence-electron chi connectivity index (χ4n) is 3.03. The van der Waals surface area contributed by atoms with Crippen molar-refractivity contribution in [3.05, 3.63) is 59.2 Å². The normalized spacial score (nSPS) is 15.4. The fourth-order valence-corrected chi connectivity index (χ4v) is 3.03. The van der Waals surface area contributed by atoms with E-state index in [0.29, 0.717) is 11.7 Å². The van der Waals surface area contributed by atoms with Crippen LogP contribution in [0.3, 0.4) is 0 Å². The van der Waals surface area contributed by atoms with Gasteiger partial charge in [0.05, 0.1) is 6.04 Å². The van der Waals surface area contributed by atoms with E-state index in [-0.39, 0.29) is 17.8 Å². The van der Waals surface area contributed by atoms with Crippen molar-refractivity contribution in [3.63, 3.8) is 0 Å². The number of nitrogens with zero attached hydrogens (tertiary/aromatic N) is 4. The molecule has 3 aromatic rings. The summed E-state index contributed by atoms with van der Waals surface area (Å²) in [6.07, 6.45) is 2.27. The molecule has 1 aromatic carbocycles. The molecule has 2 aromatic heterocycles. The molecule has 0 aliphatic heterocycles. The molecule has 1 fully saturated rings. The molecule has 0 radical (unpaired) electrons. The van der Waals surface area contributed by atoms with Crippen molar-refractivity contribution < 1.29 is 4.79 Å². The summed E-state index contributed by atoms with van der Waals surface area (Å²) in [5.41, 5.74) is 2.90. The summed E-state index contributed by atoms with van der Waals surface area (Å²) in [5, 5.41) is 7.41. The quantitative estimate of drug-likeness (QED) is 0.802. The molecular formula is C18H19N5O. The molecule has 6 heteroatoms. The van der Waals surface area contributed by atoms with Gasteiger partial charge in [-0.2, -0.15) is 4.98 Å². The van der Waals surface area contributed by atoms with Crippen molar-refractivity contribution >= 4 is 11.7 Å². The summed E-state index contributed by atoms with van der Waals surface area (Å²) in [4.78, 5) is 21.3. The van der Waals surface area contributed by atoms with Crippen LogP contribution in [-0.2, 0) is 0 Å². The van der Waals surface area contributed by atoms with E-state index in [0.717, 1.165) is 29.8 Å². The van der Waals surface area contributed by atoms with Crippen molar-refractivity contribution in [1.29, 1.82) is 0 Å². The molecule has 1 aliphatic rings. The predicted octanol–water partition coefficient (Wildman–Crippen LogP) is 2.62. The molecule has 0 bridgehead atoms. The summed E-state index contributed by atoms with van der Waals surface area (Å²) >= 11 is 0. The molecule has 1 amide bonds. The van der Waals surface area contributed by atoms with Crippen LogP contribution in [0.2, 0.25) is 0 Å². The Bertz CT molecular complexity index is 898. The van der Waals surface area contributed by atoms with E-state index in [1.807, 2.05) is 38.1 Å². The number of benzene rings is 1. The van der Waals surface area contributed by atoms with Crippen molar-refractivity contribution in [3.8, 4) is 0 Å². The maximum atomic E-state index is 12.6. The van der Waals surface area contributed by atoms with Crippen LogP contribution in [0.25, 0.3) is 5.78 Å². The highest BCUT2D eigenvalue weighted by Crippen LogP contribution is 2.41. The molecule has 24 heavy (non-hydrogen) atoms. The van der Waals surface area contributed by atoms with Gasteiger partial charge in [0.2, 0.25) is 5.82 Å². The molecule has 1 N–H and O–H groups in total. The third-order valence-corrected chi connectivity index (χ3v) is 4.36. The maximum Gasteiger partial charge on any atom is 0.291 e. The smallest absolute Gasteiger partial charge is 0.291 e. The van der Waals surface area contributed by atoms with Crippen LogP contribution in [0, 0.1) is 19.8 Å². The van der Waals surface area contributed by atoms with E-state index in [2.05, 4.69) is 32.5 Å². The summed E-state index contributed by atoms with van der Waals surface area (Å²) in [6, 6.07) is 12.0. The summed E-state index contributed by atoms with van der Waals surface area (Å²) in [7, 11) is 0. The fraction of sp³-hybridized carbons (Fsp3) is 0.333. The number of fused-ring (bicyclic) bond motifs is 1. The van der Waals surface area contributed by atoms with E-state index < -0.39 is 0 Å². The topological polar surface area (TPSA) is 72.2 Å². The number of rotatable bonds is 4. The summed E-state index contributed by atoms with van der Waals surface area (Å²) < 4.78 is 1.61. The lowest BCUT2D eigenvalue weighted by molar-refractivity contribution is 0.0921. The van der Waals surface area contributed by atoms with Crippen LogP contribution in [0.1, 0.15) is 46.5 Å². The Labute approximate surface area is 139 Å². The second kappa shape index (κ2) is 5.70. The van der Waals surface area contributed by atoms with Crippen LogP contribution >= 0.6 is 0 Å². The van der Waals surface area contributed by atoms with E-state index in [1.54, 1.807) is 4.52 Å². The average molecular weight is 321 g/mol. The number of carbonyl (C=O) groups excluding carboxylic acids is 1. The van der Waals surface area contributed by atoms with Gasteiger partial charge >= 0.3 is 0 Å². The van der Waals surface area contributed by atoms with Crippen molar-refractivity contribution in [1.82, 2.24) is 24.9 Å². The lowest BCUT2D eigenvalue weighted by Crippen LogP contribution is -2.30. The minimum atomic E-state index is -0.252. The molecule has 1 aliphatic carbocycles. The first-order valence-corrected chi connectivity index (χ1v) is 8.18. The highest BCUT2D eigenvalue weighted by molar-refractivity contribution is 5.91. The van der Waals surface area contributed by atoms with Crippen LogP contribution in [0.4, 0.5) is 0 Å². The standard InChI is InChI=1S/C18H19N5O/c1-11-10-12(2)23-18(19-11)21-16(22-23)17(24)20-15(14-8-9-14)13-6-4-3-5-7-13/h3-7,10,14-15H,8-9H2,1-2H3,(H,20,24)/t15-/m1/s1. The molecule has 1 atom stereocenters. The lowest BCUT2D eigenvalue weighted by atomic mass is 10.0. The van der Waals surface area contributed by atoms with Gasteiger partial charge in [0.25, 0.3) is 11.7 Å². The number of hydrogen-bond acceptors (Lipinski definition) is 4. The summed E-state index contributed by atoms with van der Waals surface area (Å²) in [5.74, 6) is 0.868. The minimum Gasteiger partial charge on any atom is -0.342 e. The second-order valence-corrected chi connectivity index (χ2v) is 6.39. The minimum absolute atomic E-state index is 0.0149. The van der Waals surface area contributed by atoms with Gasteiger partial charge in [0.15, 0.2) is 0 Å². The number of amides is 1. The van der Waals surface area contributed by atoms with E-state index >= 15 is 0 Å². The number of nitrogens with one attached hydrogen (secondary N) is 1. The largest absolute Gasteiger partial charge is 0.342 e. The molecule has 6 nitrogen and oxygen atoms in total. The Balaban J connectivity index is 1.62.